The van der Waals surface area contributed by atoms with Crippen molar-refractivity contribution in [3.8, 4) is 5.75 Å². The number of amides is 1. The molecule has 32 heavy (non-hydrogen) atoms. The van der Waals surface area contributed by atoms with Gasteiger partial charge in [0.2, 0.25) is 5.91 Å². The topological polar surface area (TPSA) is 69.0 Å². The van der Waals surface area contributed by atoms with Gasteiger partial charge in [-0.15, -0.1) is 16.8 Å². The molecule has 3 aromatic rings. The first-order valence-electron chi connectivity index (χ1n) is 10.4. The lowest BCUT2D eigenvalue weighted by molar-refractivity contribution is -0.118. The maximum absolute atomic E-state index is 12.2. The molecule has 0 fully saturated rings. The summed E-state index contributed by atoms with van der Waals surface area (Å²) < 4.78 is 7.86. The zero-order valence-electron chi connectivity index (χ0n) is 18.1. The van der Waals surface area contributed by atoms with Gasteiger partial charge in [-0.25, -0.2) is 0 Å². The minimum absolute atomic E-state index is 0.0414. The fourth-order valence-electron chi connectivity index (χ4n) is 3.09. The van der Waals surface area contributed by atoms with Gasteiger partial charge < -0.3 is 14.6 Å². The average Bonchev–Trinajstić information content (AvgIpc) is 3.17. The molecule has 1 aromatic heterocycles. The van der Waals surface area contributed by atoms with E-state index in [0.717, 1.165) is 29.1 Å². The van der Waals surface area contributed by atoms with Gasteiger partial charge >= 0.3 is 0 Å². The summed E-state index contributed by atoms with van der Waals surface area (Å²) in [5.74, 6) is 1.93. The van der Waals surface area contributed by atoms with Crippen molar-refractivity contribution in [2.45, 2.75) is 38.0 Å². The van der Waals surface area contributed by atoms with Gasteiger partial charge in [0.15, 0.2) is 5.16 Å². The predicted octanol–water partition coefficient (Wildman–Crippen LogP) is 4.85. The van der Waals surface area contributed by atoms with E-state index in [1.807, 2.05) is 60.0 Å². The highest BCUT2D eigenvalue weighted by molar-refractivity contribution is 7.99. The van der Waals surface area contributed by atoms with Crippen molar-refractivity contribution in [1.82, 2.24) is 20.1 Å². The molecule has 3 rings (SSSR count). The molecule has 0 aliphatic heterocycles. The van der Waals surface area contributed by atoms with Gasteiger partial charge in [-0.3, -0.25) is 4.79 Å². The first-order chi connectivity index (χ1) is 15.6. The van der Waals surface area contributed by atoms with Crippen LogP contribution in [-0.2, 0) is 24.3 Å². The highest BCUT2D eigenvalue weighted by atomic mass is 35.5. The fourth-order valence-corrected chi connectivity index (χ4v) is 4.11. The molecule has 8 heteroatoms. The highest BCUT2D eigenvalue weighted by Crippen LogP contribution is 2.22. The Morgan fingerprint density at radius 2 is 2.06 bits per heavy atom. The third-order valence-corrected chi connectivity index (χ3v) is 5.91. The molecule has 0 aliphatic rings. The van der Waals surface area contributed by atoms with E-state index < -0.39 is 0 Å². The molecule has 0 unspecified atom stereocenters. The second-order valence-corrected chi connectivity index (χ2v) is 8.59. The Hall–Kier alpha value is -2.77. The summed E-state index contributed by atoms with van der Waals surface area (Å²) in [6.07, 6.45) is 3.31. The van der Waals surface area contributed by atoms with E-state index in [1.165, 1.54) is 11.8 Å². The molecule has 0 saturated heterocycles. The second kappa shape index (κ2) is 12.3. The normalized spacial score (nSPS) is 10.7. The minimum atomic E-state index is -0.0414. The van der Waals surface area contributed by atoms with Crippen LogP contribution in [0.1, 0.15) is 23.4 Å². The number of halogens is 1. The molecule has 0 saturated carbocycles. The van der Waals surface area contributed by atoms with Crippen LogP contribution in [0, 0.1) is 6.92 Å². The molecule has 2 aromatic carbocycles. The van der Waals surface area contributed by atoms with E-state index in [-0.39, 0.29) is 11.7 Å². The van der Waals surface area contributed by atoms with Crippen LogP contribution in [-0.4, -0.2) is 33.0 Å². The van der Waals surface area contributed by atoms with Crippen LogP contribution in [0.2, 0.25) is 5.02 Å². The van der Waals surface area contributed by atoms with Crippen molar-refractivity contribution in [2.24, 2.45) is 0 Å². The van der Waals surface area contributed by atoms with E-state index in [2.05, 4.69) is 22.1 Å². The number of carbonyl (C=O) groups excluding carboxylic acids is 1. The van der Waals surface area contributed by atoms with Crippen LogP contribution in [0.25, 0.3) is 0 Å². The lowest BCUT2D eigenvalue weighted by atomic mass is 10.2. The van der Waals surface area contributed by atoms with Crippen molar-refractivity contribution >= 4 is 29.3 Å². The molecule has 1 amide bonds. The second-order valence-electron chi connectivity index (χ2n) is 7.21. The van der Waals surface area contributed by atoms with Crippen molar-refractivity contribution < 1.29 is 9.53 Å². The summed E-state index contributed by atoms with van der Waals surface area (Å²) in [4.78, 5) is 12.2. The number of hydrogen-bond donors (Lipinski definition) is 1. The third-order valence-electron chi connectivity index (χ3n) is 4.71. The number of aryl methyl sites for hydroxylation is 2. The standard InChI is InChI=1S/C24H27ClN4O2S/c1-3-13-29-22(10-7-14-31-21-12-11-20(25)15-18(21)2)27-28-24(29)32-17-23(30)26-16-19-8-5-4-6-9-19/h3-6,8-9,11-12,15H,1,7,10,13-14,16-17H2,2H3,(H,26,30). The van der Waals surface area contributed by atoms with E-state index in [0.29, 0.717) is 36.3 Å². The molecule has 1 N–H and O–H groups in total. The van der Waals surface area contributed by atoms with E-state index >= 15 is 0 Å². The number of aromatic nitrogens is 3. The van der Waals surface area contributed by atoms with Crippen molar-refractivity contribution in [3.05, 3.63) is 83.2 Å². The van der Waals surface area contributed by atoms with Crippen LogP contribution in [0.5, 0.6) is 5.75 Å². The van der Waals surface area contributed by atoms with Crippen molar-refractivity contribution in [3.63, 3.8) is 0 Å². The summed E-state index contributed by atoms with van der Waals surface area (Å²) in [6.45, 7) is 7.47. The first kappa shape index (κ1) is 23.9. The Kier molecular flexibility index (Phi) is 9.19. The fraction of sp³-hybridized carbons (Fsp3) is 0.292. The summed E-state index contributed by atoms with van der Waals surface area (Å²) in [5.41, 5.74) is 2.08. The van der Waals surface area contributed by atoms with Crippen LogP contribution < -0.4 is 10.1 Å². The monoisotopic (exact) mass is 470 g/mol. The molecule has 0 spiro atoms. The van der Waals surface area contributed by atoms with Crippen molar-refractivity contribution in [1.29, 1.82) is 0 Å². The largest absolute Gasteiger partial charge is 0.493 e. The summed E-state index contributed by atoms with van der Waals surface area (Å²) in [7, 11) is 0. The summed E-state index contributed by atoms with van der Waals surface area (Å²) in [6, 6.07) is 15.4. The van der Waals surface area contributed by atoms with Gasteiger partial charge in [0.25, 0.3) is 0 Å². The number of hydrogen-bond acceptors (Lipinski definition) is 5. The van der Waals surface area contributed by atoms with Gasteiger partial charge in [0.05, 0.1) is 12.4 Å². The van der Waals surface area contributed by atoms with Gasteiger partial charge in [-0.2, -0.15) is 0 Å². The number of thioether (sulfide) groups is 1. The number of allylic oxidation sites excluding steroid dienone is 1. The Balaban J connectivity index is 1.48. The van der Waals surface area contributed by atoms with Gasteiger partial charge in [0, 0.05) is 24.5 Å². The molecular weight excluding hydrogens is 444 g/mol. The molecule has 0 atom stereocenters. The van der Waals surface area contributed by atoms with Crippen molar-refractivity contribution in [2.75, 3.05) is 12.4 Å². The smallest absolute Gasteiger partial charge is 0.230 e. The van der Waals surface area contributed by atoms with Crippen LogP contribution in [0.3, 0.4) is 0 Å². The van der Waals surface area contributed by atoms with E-state index in [1.54, 1.807) is 6.08 Å². The Bertz CT molecular complexity index is 1040. The first-order valence-corrected chi connectivity index (χ1v) is 11.8. The predicted molar refractivity (Wildman–Crippen MR) is 129 cm³/mol. The average molecular weight is 471 g/mol. The number of benzene rings is 2. The number of nitrogens with zero attached hydrogens (tertiary/aromatic N) is 3. The Labute approximate surface area is 198 Å². The molecular formula is C24H27ClN4O2S. The zero-order valence-corrected chi connectivity index (χ0v) is 19.7. The molecule has 168 valence electrons. The number of rotatable bonds is 12. The summed E-state index contributed by atoms with van der Waals surface area (Å²) >= 11 is 7.37. The maximum Gasteiger partial charge on any atom is 0.230 e. The summed E-state index contributed by atoms with van der Waals surface area (Å²) in [5, 5.41) is 12.9. The van der Waals surface area contributed by atoms with Crippen LogP contribution in [0.4, 0.5) is 0 Å². The van der Waals surface area contributed by atoms with E-state index in [9.17, 15) is 4.79 Å². The molecule has 6 nitrogen and oxygen atoms in total. The zero-order chi connectivity index (χ0) is 22.8. The molecule has 0 radical (unpaired) electrons. The lowest BCUT2D eigenvalue weighted by Gasteiger charge is -2.10. The van der Waals surface area contributed by atoms with Crippen LogP contribution in [0.15, 0.2) is 66.3 Å². The quantitative estimate of drug-likeness (QED) is 0.233. The van der Waals surface area contributed by atoms with Gasteiger partial charge in [0.1, 0.15) is 11.6 Å². The SMILES string of the molecule is C=CCn1c(CCCOc2ccc(Cl)cc2C)nnc1SCC(=O)NCc1ccccc1. The molecule has 0 bridgehead atoms. The maximum atomic E-state index is 12.2. The number of carbonyl (C=O) groups is 1. The van der Waals surface area contributed by atoms with Crippen LogP contribution >= 0.6 is 23.4 Å². The van der Waals surface area contributed by atoms with Gasteiger partial charge in [-0.05, 0) is 42.7 Å². The third kappa shape index (κ3) is 7.14. The lowest BCUT2D eigenvalue weighted by Crippen LogP contribution is -2.24. The van der Waals surface area contributed by atoms with Gasteiger partial charge in [-0.1, -0.05) is 59.8 Å². The number of nitrogens with one attached hydrogen (secondary N) is 1. The minimum Gasteiger partial charge on any atom is -0.493 e. The molecule has 1 heterocycles. The highest BCUT2D eigenvalue weighted by Gasteiger charge is 2.13. The Morgan fingerprint density at radius 3 is 2.81 bits per heavy atom. The van der Waals surface area contributed by atoms with E-state index in [4.69, 9.17) is 16.3 Å². The molecule has 0 aliphatic carbocycles. The number of ether oxygens (including phenoxy) is 1. The Morgan fingerprint density at radius 1 is 1.25 bits per heavy atom.